The molecule has 0 aliphatic heterocycles. The van der Waals surface area contributed by atoms with Gasteiger partial charge >= 0.3 is 5.97 Å². The maximum Gasteiger partial charge on any atom is 0.305 e. The molecule has 0 spiro atoms. The Labute approximate surface area is 211 Å². The fourth-order valence-corrected chi connectivity index (χ4v) is 4.37. The first-order chi connectivity index (χ1) is 16.5. The highest BCUT2D eigenvalue weighted by Crippen LogP contribution is 2.24. The molecule has 0 saturated heterocycles. The fraction of sp³-hybridized carbons (Fsp3) is 0.600. The van der Waals surface area contributed by atoms with E-state index in [9.17, 15) is 24.3 Å². The molecule has 196 valence electrons. The molecule has 1 rings (SSSR count). The summed E-state index contributed by atoms with van der Waals surface area (Å²) < 4.78 is 10.5. The summed E-state index contributed by atoms with van der Waals surface area (Å²) in [6.07, 6.45) is 0.405. The molecule has 0 bridgehead atoms. The number of hydrogen-bond donors (Lipinski definition) is 3. The highest BCUT2D eigenvalue weighted by atomic mass is 32.2. The van der Waals surface area contributed by atoms with E-state index >= 15 is 0 Å². The second-order valence-electron chi connectivity index (χ2n) is 8.80. The number of aliphatic carboxylic acids is 1. The number of nitrogens with one attached hydrogen (secondary N) is 2. The Morgan fingerprint density at radius 2 is 1.74 bits per heavy atom. The Hall–Kier alpha value is -2.75. The molecule has 3 N–H and O–H groups in total. The van der Waals surface area contributed by atoms with Crippen molar-refractivity contribution in [2.45, 2.75) is 59.0 Å². The Balaban J connectivity index is 2.89. The molecule has 10 heteroatoms. The first-order valence-corrected chi connectivity index (χ1v) is 12.8. The summed E-state index contributed by atoms with van der Waals surface area (Å²) in [7, 11) is 3.01. The van der Waals surface area contributed by atoms with Crippen molar-refractivity contribution in [1.29, 1.82) is 0 Å². The van der Waals surface area contributed by atoms with Gasteiger partial charge in [-0.25, -0.2) is 0 Å². The molecule has 1 aromatic rings. The van der Waals surface area contributed by atoms with Gasteiger partial charge in [-0.1, -0.05) is 34.1 Å². The summed E-state index contributed by atoms with van der Waals surface area (Å²) in [4.78, 5) is 49.8. The molecule has 0 saturated carbocycles. The number of benzene rings is 1. The van der Waals surface area contributed by atoms with Crippen LogP contribution in [0, 0.1) is 11.8 Å². The van der Waals surface area contributed by atoms with E-state index in [0.29, 0.717) is 23.0 Å². The zero-order chi connectivity index (χ0) is 26.5. The number of carboxylic acids is 1. The first kappa shape index (κ1) is 30.3. The number of methoxy groups -OCH3 is 2. The SMILES string of the molecule is CCC(C)CSCC(=O)C(CC(=O)O)NC(=O)C(NC(=O)Cc1cc(OC)ccc1OC)C(C)C. The maximum absolute atomic E-state index is 13.0. The number of carbonyl (C=O) groups is 4. The van der Waals surface area contributed by atoms with E-state index in [0.717, 1.165) is 12.2 Å². The summed E-state index contributed by atoms with van der Waals surface area (Å²) in [5, 5.41) is 14.5. The lowest BCUT2D eigenvalue weighted by Crippen LogP contribution is -2.54. The predicted octanol–water partition coefficient (Wildman–Crippen LogP) is 2.70. The minimum absolute atomic E-state index is 0.0549. The van der Waals surface area contributed by atoms with Gasteiger partial charge in [0.15, 0.2) is 5.78 Å². The molecule has 35 heavy (non-hydrogen) atoms. The van der Waals surface area contributed by atoms with Gasteiger partial charge in [0.25, 0.3) is 0 Å². The molecule has 3 unspecified atom stereocenters. The normalized spacial score (nSPS) is 13.5. The zero-order valence-corrected chi connectivity index (χ0v) is 22.2. The average molecular weight is 511 g/mol. The van der Waals surface area contributed by atoms with E-state index in [1.165, 1.54) is 26.0 Å². The number of ether oxygens (including phenoxy) is 2. The molecule has 3 atom stereocenters. The quantitative estimate of drug-likeness (QED) is 0.309. The minimum atomic E-state index is -1.19. The van der Waals surface area contributed by atoms with E-state index in [-0.39, 0.29) is 23.9 Å². The van der Waals surface area contributed by atoms with Crippen molar-refractivity contribution >= 4 is 35.3 Å². The molecular formula is C25H38N2O7S. The van der Waals surface area contributed by atoms with Gasteiger partial charge in [-0.2, -0.15) is 11.8 Å². The zero-order valence-electron chi connectivity index (χ0n) is 21.4. The van der Waals surface area contributed by atoms with Crippen molar-refractivity contribution in [3.05, 3.63) is 23.8 Å². The van der Waals surface area contributed by atoms with Crippen LogP contribution in [0.2, 0.25) is 0 Å². The average Bonchev–Trinajstić information content (AvgIpc) is 2.81. The van der Waals surface area contributed by atoms with Crippen LogP contribution in [0.1, 0.15) is 46.1 Å². The van der Waals surface area contributed by atoms with Crippen molar-refractivity contribution in [1.82, 2.24) is 10.6 Å². The third-order valence-electron chi connectivity index (χ3n) is 5.53. The van der Waals surface area contributed by atoms with Crippen molar-refractivity contribution in [2.75, 3.05) is 25.7 Å². The molecule has 0 aliphatic carbocycles. The summed E-state index contributed by atoms with van der Waals surface area (Å²) in [6.45, 7) is 7.65. The third kappa shape index (κ3) is 10.6. The standard InChI is InChI=1S/C25H38N2O7S/c1-7-16(4)13-35-14-20(28)19(12-23(30)31)26-25(32)24(15(2)3)27-22(29)11-17-10-18(33-5)8-9-21(17)34-6/h8-10,15-16,19,24H,7,11-14H2,1-6H3,(H,26,32)(H,27,29)(H,30,31). The van der Waals surface area contributed by atoms with Crippen LogP contribution >= 0.6 is 11.8 Å². The molecule has 0 fully saturated rings. The van der Waals surface area contributed by atoms with Gasteiger partial charge in [0.05, 0.1) is 38.9 Å². The smallest absolute Gasteiger partial charge is 0.305 e. The van der Waals surface area contributed by atoms with E-state index in [4.69, 9.17) is 9.47 Å². The van der Waals surface area contributed by atoms with Crippen LogP contribution in [0.4, 0.5) is 0 Å². The van der Waals surface area contributed by atoms with Gasteiger partial charge in [0.2, 0.25) is 11.8 Å². The third-order valence-corrected chi connectivity index (χ3v) is 6.83. The number of carboxylic acid groups (broad SMARTS) is 1. The van der Waals surface area contributed by atoms with Crippen molar-refractivity contribution in [3.8, 4) is 11.5 Å². The van der Waals surface area contributed by atoms with Crippen molar-refractivity contribution < 1.29 is 33.8 Å². The van der Waals surface area contributed by atoms with E-state index in [2.05, 4.69) is 24.5 Å². The monoisotopic (exact) mass is 510 g/mol. The van der Waals surface area contributed by atoms with Gasteiger partial charge in [-0.15, -0.1) is 0 Å². The Kier molecular flexibility index (Phi) is 13.2. The number of thioether (sulfide) groups is 1. The Bertz CT molecular complexity index is 875. The lowest BCUT2D eigenvalue weighted by molar-refractivity contribution is -0.140. The van der Waals surface area contributed by atoms with Gasteiger partial charge < -0.3 is 25.2 Å². The van der Waals surface area contributed by atoms with Gasteiger partial charge in [0.1, 0.15) is 17.5 Å². The van der Waals surface area contributed by atoms with Crippen molar-refractivity contribution in [2.24, 2.45) is 11.8 Å². The van der Waals surface area contributed by atoms with Crippen LogP contribution in [0.15, 0.2) is 18.2 Å². The van der Waals surface area contributed by atoms with Crippen LogP contribution < -0.4 is 20.1 Å². The van der Waals surface area contributed by atoms with E-state index < -0.39 is 36.3 Å². The maximum atomic E-state index is 13.0. The lowest BCUT2D eigenvalue weighted by atomic mass is 10.0. The summed E-state index contributed by atoms with van der Waals surface area (Å²) in [6, 6.07) is 2.97. The topological polar surface area (TPSA) is 131 Å². The van der Waals surface area contributed by atoms with Gasteiger partial charge in [-0.05, 0) is 35.8 Å². The first-order valence-electron chi connectivity index (χ1n) is 11.6. The number of hydrogen-bond acceptors (Lipinski definition) is 7. The summed E-state index contributed by atoms with van der Waals surface area (Å²) >= 11 is 1.42. The number of carbonyl (C=O) groups excluding carboxylic acids is 3. The van der Waals surface area contributed by atoms with Gasteiger partial charge in [0, 0.05) is 5.56 Å². The van der Waals surface area contributed by atoms with Crippen LogP contribution in [0.5, 0.6) is 11.5 Å². The largest absolute Gasteiger partial charge is 0.497 e. The lowest BCUT2D eigenvalue weighted by Gasteiger charge is -2.25. The van der Waals surface area contributed by atoms with E-state index in [1.54, 1.807) is 32.0 Å². The Morgan fingerprint density at radius 1 is 1.06 bits per heavy atom. The summed E-state index contributed by atoms with van der Waals surface area (Å²) in [5.41, 5.74) is 0.588. The van der Waals surface area contributed by atoms with Crippen molar-refractivity contribution in [3.63, 3.8) is 0 Å². The van der Waals surface area contributed by atoms with E-state index in [1.807, 2.05) is 0 Å². The molecule has 0 radical (unpaired) electrons. The second-order valence-corrected chi connectivity index (χ2v) is 9.83. The summed E-state index contributed by atoms with van der Waals surface area (Å²) in [5.74, 6) is -0.481. The van der Waals surface area contributed by atoms with Gasteiger partial charge in [-0.3, -0.25) is 19.2 Å². The molecular weight excluding hydrogens is 472 g/mol. The van der Waals surface area contributed by atoms with Crippen LogP contribution in [-0.4, -0.2) is 66.5 Å². The number of rotatable bonds is 16. The number of ketones is 1. The highest BCUT2D eigenvalue weighted by molar-refractivity contribution is 7.99. The minimum Gasteiger partial charge on any atom is -0.497 e. The van der Waals surface area contributed by atoms with Crippen LogP contribution in [-0.2, 0) is 25.6 Å². The predicted molar refractivity (Wildman–Crippen MR) is 136 cm³/mol. The molecule has 0 heterocycles. The molecule has 1 aromatic carbocycles. The number of amides is 2. The molecule has 0 aromatic heterocycles. The number of Topliss-reactive ketones (excluding diaryl/α,β-unsaturated/α-hetero) is 1. The fourth-order valence-electron chi connectivity index (χ4n) is 3.21. The second kappa shape index (κ2) is 15.3. The molecule has 2 amide bonds. The van der Waals surface area contributed by atoms with Crippen LogP contribution in [0.25, 0.3) is 0 Å². The molecule has 9 nitrogen and oxygen atoms in total. The highest BCUT2D eigenvalue weighted by Gasteiger charge is 2.30. The molecule has 0 aliphatic rings. The Morgan fingerprint density at radius 3 is 2.29 bits per heavy atom. The van der Waals surface area contributed by atoms with Crippen LogP contribution in [0.3, 0.4) is 0 Å².